The van der Waals surface area contributed by atoms with Crippen molar-refractivity contribution in [2.45, 2.75) is 58.8 Å². The van der Waals surface area contributed by atoms with Crippen molar-refractivity contribution in [2.24, 2.45) is 34.5 Å². The summed E-state index contributed by atoms with van der Waals surface area (Å²) >= 11 is 0. The number of allylic oxidation sites excluding steroid dienone is 2. The van der Waals surface area contributed by atoms with E-state index in [1.165, 1.54) is 37.8 Å². The van der Waals surface area contributed by atoms with E-state index in [2.05, 4.69) is 41.0 Å². The molecule has 4 heteroatoms. The molecule has 0 aromatic carbocycles. The SMILES string of the molecule is C[C@]12CCC(=O)NCC1CCC1C2CC[C@]2(C)C(n3ccnc3)=CCC12. The molecule has 3 fully saturated rings. The average molecular weight is 354 g/mol. The summed E-state index contributed by atoms with van der Waals surface area (Å²) in [5.41, 5.74) is 2.09. The summed E-state index contributed by atoms with van der Waals surface area (Å²) in [6, 6.07) is 0. The molecule has 5 rings (SSSR count). The highest BCUT2D eigenvalue weighted by Gasteiger charge is 2.58. The number of fused-ring (bicyclic) bond motifs is 5. The first-order valence-corrected chi connectivity index (χ1v) is 10.5. The van der Waals surface area contributed by atoms with Crippen LogP contribution in [0.5, 0.6) is 0 Å². The number of hydrogen-bond acceptors (Lipinski definition) is 2. The van der Waals surface area contributed by atoms with Crippen molar-refractivity contribution in [3.63, 3.8) is 0 Å². The topological polar surface area (TPSA) is 46.9 Å². The van der Waals surface area contributed by atoms with Crippen molar-refractivity contribution >= 4 is 11.6 Å². The third-order valence-corrected chi connectivity index (χ3v) is 8.82. The van der Waals surface area contributed by atoms with Crippen LogP contribution < -0.4 is 5.32 Å². The van der Waals surface area contributed by atoms with Crippen molar-refractivity contribution in [1.29, 1.82) is 0 Å². The number of amides is 1. The number of nitrogens with one attached hydrogen (secondary N) is 1. The van der Waals surface area contributed by atoms with E-state index in [0.29, 0.717) is 11.3 Å². The van der Waals surface area contributed by atoms with Crippen molar-refractivity contribution in [1.82, 2.24) is 14.9 Å². The van der Waals surface area contributed by atoms with Crippen LogP contribution in [-0.2, 0) is 4.79 Å². The first-order valence-electron chi connectivity index (χ1n) is 10.5. The lowest BCUT2D eigenvalue weighted by Gasteiger charge is -2.58. The van der Waals surface area contributed by atoms with Crippen molar-refractivity contribution in [3.05, 3.63) is 24.8 Å². The third-order valence-electron chi connectivity index (χ3n) is 8.82. The van der Waals surface area contributed by atoms with Gasteiger partial charge in [-0.15, -0.1) is 0 Å². The zero-order valence-corrected chi connectivity index (χ0v) is 16.1. The number of imidazole rings is 1. The van der Waals surface area contributed by atoms with Crippen LogP contribution in [0.1, 0.15) is 58.8 Å². The Morgan fingerprint density at radius 2 is 2.08 bits per heavy atom. The van der Waals surface area contributed by atoms with Gasteiger partial charge in [-0.3, -0.25) is 4.79 Å². The molecule has 3 aliphatic carbocycles. The number of rotatable bonds is 1. The molecular formula is C22H31N3O. The van der Waals surface area contributed by atoms with Gasteiger partial charge in [-0.2, -0.15) is 0 Å². The summed E-state index contributed by atoms with van der Waals surface area (Å²) < 4.78 is 2.25. The standard InChI is InChI=1S/C22H31N3O/c1-21-10-8-20(26)24-13-15(21)3-4-16-17-5-6-19(25-12-11-23-14-25)22(17,2)9-7-18(16)21/h6,11-12,14-18H,3-5,7-10,13H2,1-2H3,(H,24,26)/t15?,16?,17?,18?,21-,22-/m0/s1. The fourth-order valence-corrected chi connectivity index (χ4v) is 7.31. The van der Waals surface area contributed by atoms with E-state index in [-0.39, 0.29) is 11.3 Å². The lowest BCUT2D eigenvalue weighted by molar-refractivity contribution is -0.121. The molecule has 4 unspecified atom stereocenters. The van der Waals surface area contributed by atoms with Crippen LogP contribution in [0.25, 0.3) is 5.70 Å². The Morgan fingerprint density at radius 3 is 2.88 bits per heavy atom. The quantitative estimate of drug-likeness (QED) is 0.826. The first-order chi connectivity index (χ1) is 12.5. The van der Waals surface area contributed by atoms with E-state index in [1.807, 2.05) is 12.5 Å². The van der Waals surface area contributed by atoms with Gasteiger partial charge >= 0.3 is 0 Å². The lowest BCUT2D eigenvalue weighted by atomic mass is 9.47. The van der Waals surface area contributed by atoms with Gasteiger partial charge in [-0.05, 0) is 67.6 Å². The van der Waals surface area contributed by atoms with Crippen LogP contribution in [0.3, 0.4) is 0 Å². The van der Waals surface area contributed by atoms with Gasteiger partial charge in [0.1, 0.15) is 0 Å². The summed E-state index contributed by atoms with van der Waals surface area (Å²) in [7, 11) is 0. The van der Waals surface area contributed by atoms with Crippen LogP contribution in [0.2, 0.25) is 0 Å². The van der Waals surface area contributed by atoms with Crippen LogP contribution in [0.4, 0.5) is 0 Å². The highest BCUT2D eigenvalue weighted by Crippen LogP contribution is 2.65. The van der Waals surface area contributed by atoms with Crippen LogP contribution in [-0.4, -0.2) is 22.0 Å². The molecule has 1 aromatic heterocycles. The molecule has 1 aromatic rings. The number of nitrogens with zero attached hydrogens (tertiary/aromatic N) is 2. The maximum absolute atomic E-state index is 12.0. The Labute approximate surface area is 156 Å². The molecule has 2 saturated carbocycles. The van der Waals surface area contributed by atoms with Gasteiger partial charge in [0, 0.05) is 36.5 Å². The van der Waals surface area contributed by atoms with Gasteiger partial charge in [0.2, 0.25) is 5.91 Å². The Balaban J connectivity index is 1.45. The molecule has 0 spiro atoms. The summed E-state index contributed by atoms with van der Waals surface area (Å²) in [5.74, 6) is 3.27. The van der Waals surface area contributed by atoms with Gasteiger partial charge < -0.3 is 9.88 Å². The molecule has 6 atom stereocenters. The highest BCUT2D eigenvalue weighted by atomic mass is 16.1. The van der Waals surface area contributed by atoms with Gasteiger partial charge in [0.05, 0.1) is 6.33 Å². The fraction of sp³-hybridized carbons (Fsp3) is 0.727. The van der Waals surface area contributed by atoms with E-state index in [1.54, 1.807) is 0 Å². The Hall–Kier alpha value is -1.58. The van der Waals surface area contributed by atoms with Gasteiger partial charge in [-0.1, -0.05) is 19.9 Å². The summed E-state index contributed by atoms with van der Waals surface area (Å²) in [6.45, 7) is 5.91. The molecule has 26 heavy (non-hydrogen) atoms. The van der Waals surface area contributed by atoms with E-state index in [0.717, 1.165) is 37.1 Å². The number of carbonyl (C=O) groups is 1. The maximum Gasteiger partial charge on any atom is 0.220 e. The maximum atomic E-state index is 12.0. The zero-order valence-electron chi connectivity index (χ0n) is 16.1. The second-order valence-corrected chi connectivity index (χ2v) is 9.71. The minimum absolute atomic E-state index is 0.266. The summed E-state index contributed by atoms with van der Waals surface area (Å²) in [5, 5.41) is 3.18. The summed E-state index contributed by atoms with van der Waals surface area (Å²) in [6.07, 6.45) is 16.7. The molecule has 1 amide bonds. The molecule has 1 saturated heterocycles. The number of aromatic nitrogens is 2. The predicted octanol–water partition coefficient (Wildman–Crippen LogP) is 4.10. The van der Waals surface area contributed by atoms with Crippen LogP contribution in [0.15, 0.2) is 24.8 Å². The van der Waals surface area contributed by atoms with Crippen molar-refractivity contribution in [3.8, 4) is 0 Å². The van der Waals surface area contributed by atoms with E-state index >= 15 is 0 Å². The summed E-state index contributed by atoms with van der Waals surface area (Å²) in [4.78, 5) is 16.3. The monoisotopic (exact) mass is 353 g/mol. The molecular weight excluding hydrogens is 322 g/mol. The highest BCUT2D eigenvalue weighted by molar-refractivity contribution is 5.76. The minimum Gasteiger partial charge on any atom is -0.356 e. The molecule has 2 heterocycles. The molecule has 4 nitrogen and oxygen atoms in total. The third kappa shape index (κ3) is 2.20. The number of carbonyl (C=O) groups excluding carboxylic acids is 1. The molecule has 0 radical (unpaired) electrons. The van der Waals surface area contributed by atoms with Crippen molar-refractivity contribution < 1.29 is 4.79 Å². The smallest absolute Gasteiger partial charge is 0.220 e. The van der Waals surface area contributed by atoms with Gasteiger partial charge in [0.25, 0.3) is 0 Å². The normalized spacial score (nSPS) is 45.0. The van der Waals surface area contributed by atoms with Gasteiger partial charge in [0.15, 0.2) is 0 Å². The Morgan fingerprint density at radius 1 is 1.19 bits per heavy atom. The largest absolute Gasteiger partial charge is 0.356 e. The van der Waals surface area contributed by atoms with E-state index < -0.39 is 0 Å². The molecule has 1 aliphatic heterocycles. The molecule has 4 aliphatic rings. The zero-order chi connectivity index (χ0) is 17.9. The second kappa shape index (κ2) is 5.71. The lowest BCUT2D eigenvalue weighted by Crippen LogP contribution is -2.52. The van der Waals surface area contributed by atoms with E-state index in [9.17, 15) is 4.79 Å². The predicted molar refractivity (Wildman–Crippen MR) is 102 cm³/mol. The van der Waals surface area contributed by atoms with Gasteiger partial charge in [-0.25, -0.2) is 4.98 Å². The second-order valence-electron chi connectivity index (χ2n) is 9.71. The molecule has 0 bridgehead atoms. The number of hydrogen-bond donors (Lipinski definition) is 1. The van der Waals surface area contributed by atoms with Crippen molar-refractivity contribution in [2.75, 3.05) is 6.54 Å². The first kappa shape index (κ1) is 16.6. The minimum atomic E-state index is 0.266. The fourth-order valence-electron chi connectivity index (χ4n) is 7.31. The van der Waals surface area contributed by atoms with E-state index in [4.69, 9.17) is 0 Å². The molecule has 1 N–H and O–H groups in total. The average Bonchev–Trinajstić information content (AvgIpc) is 3.22. The molecule has 140 valence electrons. The van der Waals surface area contributed by atoms with Crippen LogP contribution >= 0.6 is 0 Å². The Kier molecular flexibility index (Phi) is 3.64. The Bertz CT molecular complexity index is 739. The van der Waals surface area contributed by atoms with Crippen LogP contribution in [0, 0.1) is 34.5 Å².